The van der Waals surface area contributed by atoms with Crippen LogP contribution in [0.1, 0.15) is 21.8 Å². The van der Waals surface area contributed by atoms with Gasteiger partial charge in [0.25, 0.3) is 5.91 Å². The highest BCUT2D eigenvalue weighted by Gasteiger charge is 2.14. The Hall–Kier alpha value is -2.19. The van der Waals surface area contributed by atoms with Gasteiger partial charge in [-0.1, -0.05) is 0 Å². The molecule has 0 unspecified atom stereocenters. The fourth-order valence-corrected chi connectivity index (χ4v) is 2.49. The van der Waals surface area contributed by atoms with E-state index in [9.17, 15) is 9.59 Å². The molecular formula is C14H18N4O3S. The number of aromatic nitrogens is 1. The monoisotopic (exact) mass is 322 g/mol. The highest BCUT2D eigenvalue weighted by Crippen LogP contribution is 2.18. The van der Waals surface area contributed by atoms with Gasteiger partial charge in [0.2, 0.25) is 5.91 Å². The van der Waals surface area contributed by atoms with Crippen LogP contribution < -0.4 is 16.0 Å². The topological polar surface area (TPSA) is 96.3 Å². The van der Waals surface area contributed by atoms with Crippen LogP contribution in [0.5, 0.6) is 0 Å². The zero-order valence-electron chi connectivity index (χ0n) is 12.4. The molecule has 2 aromatic heterocycles. The zero-order valence-corrected chi connectivity index (χ0v) is 13.3. The molecule has 118 valence electrons. The van der Waals surface area contributed by atoms with Gasteiger partial charge in [-0.15, -0.1) is 11.3 Å². The van der Waals surface area contributed by atoms with E-state index in [2.05, 4.69) is 20.9 Å². The van der Waals surface area contributed by atoms with Crippen molar-refractivity contribution in [2.75, 3.05) is 25.5 Å². The Balaban J connectivity index is 1.87. The first-order valence-corrected chi connectivity index (χ1v) is 7.69. The van der Waals surface area contributed by atoms with Crippen molar-refractivity contribution in [3.8, 4) is 0 Å². The molecule has 0 atom stereocenters. The number of nitrogens with zero attached hydrogens (tertiary/aromatic N) is 1. The lowest BCUT2D eigenvalue weighted by atomic mass is 10.2. The highest BCUT2D eigenvalue weighted by molar-refractivity contribution is 7.14. The molecule has 0 aliphatic carbocycles. The zero-order chi connectivity index (χ0) is 15.9. The third-order valence-corrected chi connectivity index (χ3v) is 3.72. The van der Waals surface area contributed by atoms with Gasteiger partial charge in [0.1, 0.15) is 5.76 Å². The van der Waals surface area contributed by atoms with Crippen LogP contribution in [-0.4, -0.2) is 36.9 Å². The number of anilines is 1. The first kappa shape index (κ1) is 16.2. The molecule has 0 fully saturated rings. The molecule has 3 N–H and O–H groups in total. The maximum Gasteiger partial charge on any atom is 0.260 e. The van der Waals surface area contributed by atoms with Gasteiger partial charge in [-0.2, -0.15) is 0 Å². The van der Waals surface area contributed by atoms with E-state index in [1.807, 2.05) is 7.05 Å². The Labute approximate surface area is 132 Å². The molecule has 2 rings (SSSR count). The van der Waals surface area contributed by atoms with Crippen molar-refractivity contribution in [2.24, 2.45) is 0 Å². The first-order valence-electron chi connectivity index (χ1n) is 6.81. The van der Waals surface area contributed by atoms with E-state index in [0.717, 1.165) is 0 Å². The Morgan fingerprint density at radius 3 is 2.86 bits per heavy atom. The van der Waals surface area contributed by atoms with Crippen molar-refractivity contribution in [1.29, 1.82) is 0 Å². The number of carbonyl (C=O) groups is 2. The van der Waals surface area contributed by atoms with Crippen molar-refractivity contribution < 1.29 is 14.0 Å². The molecule has 7 nitrogen and oxygen atoms in total. The van der Waals surface area contributed by atoms with Crippen LogP contribution in [0, 0.1) is 6.92 Å². The van der Waals surface area contributed by atoms with Crippen LogP contribution in [0.4, 0.5) is 5.13 Å². The summed E-state index contributed by atoms with van der Waals surface area (Å²) in [7, 11) is 1.82. The van der Waals surface area contributed by atoms with Crippen molar-refractivity contribution in [2.45, 2.75) is 13.3 Å². The average Bonchev–Trinajstić information content (AvgIpc) is 3.08. The summed E-state index contributed by atoms with van der Waals surface area (Å²) >= 11 is 1.29. The molecule has 2 amide bonds. The first-order chi connectivity index (χ1) is 10.6. The van der Waals surface area contributed by atoms with Gasteiger partial charge in [-0.3, -0.25) is 14.9 Å². The third kappa shape index (κ3) is 4.40. The normalized spacial score (nSPS) is 10.5. The highest BCUT2D eigenvalue weighted by atomic mass is 32.1. The molecule has 0 aliphatic heterocycles. The summed E-state index contributed by atoms with van der Waals surface area (Å²) in [5.74, 6) is 0.188. The number of aryl methyl sites for hydroxylation is 1. The Kier molecular flexibility index (Phi) is 5.68. The van der Waals surface area contributed by atoms with Crippen LogP contribution in [-0.2, 0) is 11.2 Å². The lowest BCUT2D eigenvalue weighted by molar-refractivity contribution is -0.120. The number of amides is 2. The minimum atomic E-state index is -0.273. The van der Waals surface area contributed by atoms with Gasteiger partial charge < -0.3 is 15.1 Å². The maximum atomic E-state index is 12.0. The predicted molar refractivity (Wildman–Crippen MR) is 84.2 cm³/mol. The summed E-state index contributed by atoms with van der Waals surface area (Å²) in [4.78, 5) is 27.9. The van der Waals surface area contributed by atoms with Crippen LogP contribution in [0.3, 0.4) is 0 Å². The average molecular weight is 322 g/mol. The molecule has 0 saturated carbocycles. The SMILES string of the molecule is CNCCNC(=O)Cc1csc(NC(=O)c2ccoc2C)n1. The lowest BCUT2D eigenvalue weighted by Crippen LogP contribution is -2.31. The van der Waals surface area contributed by atoms with Gasteiger partial charge in [-0.25, -0.2) is 4.98 Å². The largest absolute Gasteiger partial charge is 0.469 e. The molecule has 0 spiro atoms. The molecule has 8 heteroatoms. The summed E-state index contributed by atoms with van der Waals surface area (Å²) < 4.78 is 5.09. The van der Waals surface area contributed by atoms with Crippen LogP contribution in [0.15, 0.2) is 22.1 Å². The molecular weight excluding hydrogens is 304 g/mol. The minimum Gasteiger partial charge on any atom is -0.469 e. The van der Waals surface area contributed by atoms with E-state index in [-0.39, 0.29) is 18.2 Å². The number of rotatable bonds is 7. The van der Waals surface area contributed by atoms with E-state index >= 15 is 0 Å². The second-order valence-corrected chi connectivity index (χ2v) is 5.48. The Morgan fingerprint density at radius 1 is 1.36 bits per heavy atom. The number of carbonyl (C=O) groups excluding carboxylic acids is 2. The summed E-state index contributed by atoms with van der Waals surface area (Å²) in [6.45, 7) is 3.01. The van der Waals surface area contributed by atoms with E-state index in [4.69, 9.17) is 4.42 Å². The van der Waals surface area contributed by atoms with E-state index in [1.54, 1.807) is 18.4 Å². The van der Waals surface area contributed by atoms with Crippen LogP contribution in [0.2, 0.25) is 0 Å². The predicted octanol–water partition coefficient (Wildman–Crippen LogP) is 1.17. The molecule has 0 saturated heterocycles. The van der Waals surface area contributed by atoms with Crippen molar-refractivity contribution in [3.05, 3.63) is 34.7 Å². The molecule has 22 heavy (non-hydrogen) atoms. The standard InChI is InChI=1S/C14H18N4O3S/c1-9-11(3-6-21-9)13(20)18-14-17-10(8-22-14)7-12(19)16-5-4-15-2/h3,6,8,15H,4-5,7H2,1-2H3,(H,16,19)(H,17,18,20). The van der Waals surface area contributed by atoms with Gasteiger partial charge in [0.05, 0.1) is 23.9 Å². The van der Waals surface area contributed by atoms with E-state index < -0.39 is 0 Å². The van der Waals surface area contributed by atoms with Gasteiger partial charge in [-0.05, 0) is 20.0 Å². The summed E-state index contributed by atoms with van der Waals surface area (Å²) in [5, 5.41) is 10.6. The molecule has 2 aromatic rings. The molecule has 2 heterocycles. The smallest absolute Gasteiger partial charge is 0.260 e. The number of likely N-dealkylation sites (N-methyl/N-ethyl adjacent to an activating group) is 1. The van der Waals surface area contributed by atoms with Gasteiger partial charge >= 0.3 is 0 Å². The number of hydrogen-bond acceptors (Lipinski definition) is 6. The van der Waals surface area contributed by atoms with Crippen molar-refractivity contribution in [3.63, 3.8) is 0 Å². The molecule has 0 bridgehead atoms. The van der Waals surface area contributed by atoms with Gasteiger partial charge in [0.15, 0.2) is 5.13 Å². The number of hydrogen-bond donors (Lipinski definition) is 3. The number of thiazole rings is 1. The van der Waals surface area contributed by atoms with Crippen LogP contribution in [0.25, 0.3) is 0 Å². The molecule has 0 aliphatic rings. The Bertz CT molecular complexity index is 650. The molecule has 0 radical (unpaired) electrons. The van der Waals surface area contributed by atoms with Crippen molar-refractivity contribution >= 4 is 28.3 Å². The van der Waals surface area contributed by atoms with E-state index in [1.165, 1.54) is 17.6 Å². The fourth-order valence-electron chi connectivity index (χ4n) is 1.78. The fraction of sp³-hybridized carbons (Fsp3) is 0.357. The Morgan fingerprint density at radius 2 is 2.18 bits per heavy atom. The summed E-state index contributed by atoms with van der Waals surface area (Å²) in [6, 6.07) is 1.61. The van der Waals surface area contributed by atoms with E-state index in [0.29, 0.717) is 35.2 Å². The second-order valence-electron chi connectivity index (χ2n) is 4.62. The summed E-state index contributed by atoms with van der Waals surface area (Å²) in [5.41, 5.74) is 1.10. The molecule has 0 aromatic carbocycles. The maximum absolute atomic E-state index is 12.0. The number of nitrogens with one attached hydrogen (secondary N) is 3. The third-order valence-electron chi connectivity index (χ3n) is 2.91. The van der Waals surface area contributed by atoms with Crippen LogP contribution >= 0.6 is 11.3 Å². The lowest BCUT2D eigenvalue weighted by Gasteiger charge is -2.02. The quantitative estimate of drug-likeness (QED) is 0.665. The number of furan rings is 1. The minimum absolute atomic E-state index is 0.0934. The van der Waals surface area contributed by atoms with Gasteiger partial charge in [0, 0.05) is 18.5 Å². The second kappa shape index (κ2) is 7.71. The summed E-state index contributed by atoms with van der Waals surface area (Å²) in [6.07, 6.45) is 1.66. The van der Waals surface area contributed by atoms with Crippen molar-refractivity contribution in [1.82, 2.24) is 15.6 Å².